The van der Waals surface area contributed by atoms with Crippen LogP contribution in [0.5, 0.6) is 0 Å². The van der Waals surface area contributed by atoms with E-state index in [4.69, 9.17) is 12.2 Å². The molecule has 0 spiro atoms. The van der Waals surface area contributed by atoms with Gasteiger partial charge in [-0.3, -0.25) is 4.90 Å². The van der Waals surface area contributed by atoms with Crippen molar-refractivity contribution in [2.75, 3.05) is 24.5 Å². The highest BCUT2D eigenvalue weighted by atomic mass is 79.9. The molecule has 0 bridgehead atoms. The predicted octanol–water partition coefficient (Wildman–Crippen LogP) is 3.44. The zero-order chi connectivity index (χ0) is 11.7. The van der Waals surface area contributed by atoms with E-state index in [1.165, 1.54) is 11.3 Å². The third-order valence-corrected chi connectivity index (χ3v) is 4.97. The average molecular weight is 317 g/mol. The molecule has 0 radical (unpaired) electrons. The maximum atomic E-state index is 5.39. The number of hydrogen-bond donors (Lipinski definition) is 0. The number of benzene rings is 1. The Morgan fingerprint density at radius 2 is 2.19 bits per heavy atom. The van der Waals surface area contributed by atoms with Gasteiger partial charge in [-0.25, -0.2) is 0 Å². The van der Waals surface area contributed by atoms with E-state index in [1.807, 2.05) is 0 Å². The Morgan fingerprint density at radius 3 is 2.88 bits per heavy atom. The summed E-state index contributed by atoms with van der Waals surface area (Å²) in [6.45, 7) is 2.96. The second kappa shape index (κ2) is 5.04. The summed E-state index contributed by atoms with van der Waals surface area (Å²) < 4.78 is 2.10. The lowest BCUT2D eigenvalue weighted by Crippen LogP contribution is -2.42. The molecule has 0 saturated carbocycles. The van der Waals surface area contributed by atoms with Crippen LogP contribution in [0.25, 0.3) is 0 Å². The van der Waals surface area contributed by atoms with Crippen LogP contribution in [-0.4, -0.2) is 28.8 Å². The molecule has 1 saturated heterocycles. The van der Waals surface area contributed by atoms with Gasteiger partial charge in [0.1, 0.15) is 4.32 Å². The lowest BCUT2D eigenvalue weighted by atomic mass is 10.2. The molecule has 0 aliphatic carbocycles. The molecule has 1 aromatic carbocycles. The SMILES string of the molecule is Cc1cc(N2CN(C)CSC2=S)ccc1Br. The van der Waals surface area contributed by atoms with Crippen molar-refractivity contribution in [2.45, 2.75) is 6.92 Å². The normalized spacial score (nSPS) is 17.9. The monoisotopic (exact) mass is 316 g/mol. The third kappa shape index (κ3) is 2.59. The Labute approximate surface area is 114 Å². The fourth-order valence-corrected chi connectivity index (χ4v) is 2.87. The lowest BCUT2D eigenvalue weighted by Gasteiger charge is -2.34. The lowest BCUT2D eigenvalue weighted by molar-refractivity contribution is 0.403. The summed E-state index contributed by atoms with van der Waals surface area (Å²) in [5, 5.41) is 0. The number of nitrogens with zero attached hydrogens (tertiary/aromatic N) is 2. The number of rotatable bonds is 1. The van der Waals surface area contributed by atoms with Gasteiger partial charge in [-0.2, -0.15) is 0 Å². The first-order valence-corrected chi connectivity index (χ1v) is 7.15. The summed E-state index contributed by atoms with van der Waals surface area (Å²) in [6.07, 6.45) is 0. The van der Waals surface area contributed by atoms with Gasteiger partial charge in [0.05, 0.1) is 12.5 Å². The largest absolute Gasteiger partial charge is 0.314 e. The Hall–Kier alpha value is -0.100. The van der Waals surface area contributed by atoms with Gasteiger partial charge in [-0.15, -0.1) is 0 Å². The molecule has 1 aromatic rings. The summed E-state index contributed by atoms with van der Waals surface area (Å²) in [5.41, 5.74) is 2.41. The maximum absolute atomic E-state index is 5.39. The predicted molar refractivity (Wildman–Crippen MR) is 79.0 cm³/mol. The molecule has 0 unspecified atom stereocenters. The second-order valence-corrected chi connectivity index (χ2v) is 6.33. The highest BCUT2D eigenvalue weighted by Crippen LogP contribution is 2.27. The summed E-state index contributed by atoms with van der Waals surface area (Å²) >= 11 is 10.6. The van der Waals surface area contributed by atoms with Gasteiger partial charge in [0, 0.05) is 10.2 Å². The van der Waals surface area contributed by atoms with E-state index < -0.39 is 0 Å². The van der Waals surface area contributed by atoms with Gasteiger partial charge in [0.2, 0.25) is 0 Å². The maximum Gasteiger partial charge on any atom is 0.143 e. The fourth-order valence-electron chi connectivity index (χ4n) is 1.57. The number of thioether (sulfide) groups is 1. The number of anilines is 1. The Kier molecular flexibility index (Phi) is 3.89. The van der Waals surface area contributed by atoms with Crippen LogP contribution in [0.1, 0.15) is 5.56 Å². The van der Waals surface area contributed by atoms with Crippen molar-refractivity contribution in [2.24, 2.45) is 0 Å². The minimum atomic E-state index is 0.868. The fraction of sp³-hybridized carbons (Fsp3) is 0.364. The van der Waals surface area contributed by atoms with Crippen molar-refractivity contribution in [3.05, 3.63) is 28.2 Å². The van der Waals surface area contributed by atoms with Crippen molar-refractivity contribution in [3.63, 3.8) is 0 Å². The molecule has 0 atom stereocenters. The van der Waals surface area contributed by atoms with Crippen molar-refractivity contribution < 1.29 is 0 Å². The van der Waals surface area contributed by atoms with Crippen LogP contribution in [0, 0.1) is 6.92 Å². The number of aryl methyl sites for hydroxylation is 1. The summed E-state index contributed by atoms with van der Waals surface area (Å²) in [6, 6.07) is 6.34. The number of hydrogen-bond acceptors (Lipinski definition) is 3. The van der Waals surface area contributed by atoms with E-state index >= 15 is 0 Å². The molecule has 2 rings (SSSR count). The zero-order valence-electron chi connectivity index (χ0n) is 9.24. The van der Waals surface area contributed by atoms with Crippen molar-refractivity contribution in [1.29, 1.82) is 0 Å². The highest BCUT2D eigenvalue weighted by molar-refractivity contribution is 9.10. The minimum absolute atomic E-state index is 0.868. The highest BCUT2D eigenvalue weighted by Gasteiger charge is 2.20. The molecular formula is C11H13BrN2S2. The van der Waals surface area contributed by atoms with Crippen molar-refractivity contribution in [3.8, 4) is 0 Å². The summed E-state index contributed by atoms with van der Waals surface area (Å²) in [5.74, 6) is 0.977. The summed E-state index contributed by atoms with van der Waals surface area (Å²) in [7, 11) is 2.10. The Morgan fingerprint density at radius 1 is 1.44 bits per heavy atom. The summed E-state index contributed by atoms with van der Waals surface area (Å²) in [4.78, 5) is 4.42. The molecule has 0 aromatic heterocycles. The first-order valence-electron chi connectivity index (χ1n) is 4.97. The van der Waals surface area contributed by atoms with Crippen LogP contribution in [-0.2, 0) is 0 Å². The topological polar surface area (TPSA) is 6.48 Å². The Balaban J connectivity index is 2.28. The minimum Gasteiger partial charge on any atom is -0.314 e. The van der Waals surface area contributed by atoms with Gasteiger partial charge in [-0.1, -0.05) is 39.9 Å². The molecule has 16 heavy (non-hydrogen) atoms. The van der Waals surface area contributed by atoms with E-state index in [0.717, 1.165) is 21.3 Å². The van der Waals surface area contributed by atoms with Gasteiger partial charge < -0.3 is 4.90 Å². The first kappa shape index (κ1) is 12.4. The molecule has 86 valence electrons. The van der Waals surface area contributed by atoms with E-state index in [-0.39, 0.29) is 0 Å². The van der Waals surface area contributed by atoms with Gasteiger partial charge in [0.25, 0.3) is 0 Å². The molecular weight excluding hydrogens is 304 g/mol. The van der Waals surface area contributed by atoms with Crippen LogP contribution in [0.4, 0.5) is 5.69 Å². The van der Waals surface area contributed by atoms with Crippen LogP contribution >= 0.6 is 39.9 Å². The quantitative estimate of drug-likeness (QED) is 0.732. The third-order valence-electron chi connectivity index (χ3n) is 2.46. The van der Waals surface area contributed by atoms with Gasteiger partial charge in [0.15, 0.2) is 0 Å². The van der Waals surface area contributed by atoms with Crippen LogP contribution in [0.2, 0.25) is 0 Å². The second-order valence-electron chi connectivity index (χ2n) is 3.90. The molecule has 1 fully saturated rings. The number of thiocarbonyl (C=S) groups is 1. The van der Waals surface area contributed by atoms with Gasteiger partial charge in [-0.05, 0) is 37.7 Å². The Bertz CT molecular complexity index is 422. The zero-order valence-corrected chi connectivity index (χ0v) is 12.5. The van der Waals surface area contributed by atoms with Gasteiger partial charge >= 0.3 is 0 Å². The molecule has 0 amide bonds. The molecule has 1 aliphatic heterocycles. The van der Waals surface area contributed by atoms with Crippen LogP contribution in [0.15, 0.2) is 22.7 Å². The van der Waals surface area contributed by atoms with E-state index in [9.17, 15) is 0 Å². The smallest absolute Gasteiger partial charge is 0.143 e. The molecule has 2 nitrogen and oxygen atoms in total. The van der Waals surface area contributed by atoms with Crippen molar-refractivity contribution in [1.82, 2.24) is 4.90 Å². The van der Waals surface area contributed by atoms with Crippen LogP contribution < -0.4 is 4.90 Å². The van der Waals surface area contributed by atoms with E-state index in [2.05, 4.69) is 57.9 Å². The number of halogens is 1. The molecule has 1 heterocycles. The first-order chi connectivity index (χ1) is 7.58. The van der Waals surface area contributed by atoms with Crippen LogP contribution in [0.3, 0.4) is 0 Å². The molecule has 1 aliphatic rings. The standard InChI is InChI=1S/C11H13BrN2S2/c1-8-5-9(3-4-10(8)12)14-6-13(2)7-16-11(14)15/h3-5H,6-7H2,1-2H3. The molecule has 5 heteroatoms. The van der Waals surface area contributed by atoms with Crippen molar-refractivity contribution >= 4 is 49.9 Å². The molecule has 0 N–H and O–H groups in total. The average Bonchev–Trinajstić information content (AvgIpc) is 2.26. The van der Waals surface area contributed by atoms with E-state index in [1.54, 1.807) is 11.8 Å². The van der Waals surface area contributed by atoms with E-state index in [0.29, 0.717) is 0 Å².